The molecule has 4 heteroatoms. The number of aryl methyl sites for hydroxylation is 1. The number of carbonyl (C=O) groups is 1. The van der Waals surface area contributed by atoms with E-state index in [1.54, 1.807) is 0 Å². The zero-order valence-electron chi connectivity index (χ0n) is 9.03. The van der Waals surface area contributed by atoms with E-state index in [2.05, 4.69) is 27.6 Å². The van der Waals surface area contributed by atoms with E-state index in [1.165, 1.54) is 0 Å². The molecule has 0 bridgehead atoms. The number of carboxylic acids is 1. The average molecular weight is 339 g/mol. The van der Waals surface area contributed by atoms with Gasteiger partial charge in [0.25, 0.3) is 0 Å². The van der Waals surface area contributed by atoms with Crippen molar-refractivity contribution in [1.29, 1.82) is 0 Å². The van der Waals surface area contributed by atoms with Crippen LogP contribution in [-0.2, 0) is 12.8 Å². The number of rotatable bonds is 1. The summed E-state index contributed by atoms with van der Waals surface area (Å²) in [6.07, 6.45) is 2.75. The molecule has 0 fully saturated rings. The molecule has 86 valence electrons. The number of hydrogen-bond acceptors (Lipinski definition) is 2. The Morgan fingerprint density at radius 1 is 1.35 bits per heavy atom. The Hall–Kier alpha value is -1.17. The van der Waals surface area contributed by atoms with Gasteiger partial charge >= 0.3 is 5.97 Å². The van der Waals surface area contributed by atoms with Crippen molar-refractivity contribution in [2.75, 3.05) is 0 Å². The van der Waals surface area contributed by atoms with Gasteiger partial charge in [-0.05, 0) is 65.6 Å². The molecule has 0 atom stereocenters. The highest BCUT2D eigenvalue weighted by Crippen LogP contribution is 2.30. The summed E-state index contributed by atoms with van der Waals surface area (Å²) in [5, 5.41) is 10.2. The molecule has 0 spiro atoms. The molecule has 0 unspecified atom stereocenters. The van der Waals surface area contributed by atoms with Crippen molar-refractivity contribution in [1.82, 2.24) is 4.98 Å². The maximum Gasteiger partial charge on any atom is 0.336 e. The van der Waals surface area contributed by atoms with Crippen LogP contribution in [0, 0.1) is 3.57 Å². The summed E-state index contributed by atoms with van der Waals surface area (Å²) in [7, 11) is 0. The topological polar surface area (TPSA) is 50.2 Å². The van der Waals surface area contributed by atoms with Crippen LogP contribution in [-0.4, -0.2) is 16.1 Å². The van der Waals surface area contributed by atoms with Gasteiger partial charge in [0.2, 0.25) is 0 Å². The summed E-state index contributed by atoms with van der Waals surface area (Å²) in [5.41, 5.74) is 3.16. The lowest BCUT2D eigenvalue weighted by Gasteiger charge is -2.08. The number of carboxylic acid groups (broad SMARTS) is 1. The molecule has 0 radical (unpaired) electrons. The molecule has 0 saturated carbocycles. The molecule has 17 heavy (non-hydrogen) atoms. The van der Waals surface area contributed by atoms with Gasteiger partial charge in [0.15, 0.2) is 0 Å². The van der Waals surface area contributed by atoms with E-state index in [9.17, 15) is 9.90 Å². The fourth-order valence-electron chi connectivity index (χ4n) is 2.48. The highest BCUT2D eigenvalue weighted by atomic mass is 127. The van der Waals surface area contributed by atoms with E-state index in [1.807, 2.05) is 18.2 Å². The van der Waals surface area contributed by atoms with Gasteiger partial charge in [-0.15, -0.1) is 0 Å². The van der Waals surface area contributed by atoms with Crippen LogP contribution in [0.5, 0.6) is 0 Å². The summed E-state index contributed by atoms with van der Waals surface area (Å²) in [6, 6.07) is 5.77. The van der Waals surface area contributed by atoms with Crippen LogP contribution in [0.25, 0.3) is 10.9 Å². The van der Waals surface area contributed by atoms with Crippen molar-refractivity contribution in [2.24, 2.45) is 0 Å². The molecular formula is C13H10INO2. The van der Waals surface area contributed by atoms with Crippen molar-refractivity contribution in [3.63, 3.8) is 0 Å². The maximum absolute atomic E-state index is 11.5. The number of aromatic carboxylic acids is 1. The zero-order chi connectivity index (χ0) is 12.0. The second-order valence-corrected chi connectivity index (χ2v) is 5.48. The van der Waals surface area contributed by atoms with E-state index < -0.39 is 5.97 Å². The van der Waals surface area contributed by atoms with Crippen LogP contribution in [0.2, 0.25) is 0 Å². The van der Waals surface area contributed by atoms with E-state index >= 15 is 0 Å². The lowest BCUT2D eigenvalue weighted by Crippen LogP contribution is -2.05. The molecule has 1 aliphatic rings. The average Bonchev–Trinajstić information content (AvgIpc) is 2.72. The molecule has 1 N–H and O–H groups in total. The summed E-state index contributed by atoms with van der Waals surface area (Å²) >= 11 is 2.20. The van der Waals surface area contributed by atoms with Gasteiger partial charge in [-0.25, -0.2) is 4.79 Å². The minimum atomic E-state index is -0.836. The molecule has 0 saturated heterocycles. The number of aromatic nitrogens is 1. The Morgan fingerprint density at radius 2 is 2.18 bits per heavy atom. The minimum absolute atomic E-state index is 0.459. The molecule has 3 rings (SSSR count). The van der Waals surface area contributed by atoms with Crippen LogP contribution in [0.15, 0.2) is 18.2 Å². The van der Waals surface area contributed by atoms with Crippen LogP contribution in [0.4, 0.5) is 0 Å². The summed E-state index contributed by atoms with van der Waals surface area (Å²) in [4.78, 5) is 16.0. The van der Waals surface area contributed by atoms with Crippen LogP contribution in [0.1, 0.15) is 28.0 Å². The van der Waals surface area contributed by atoms with E-state index in [-0.39, 0.29) is 0 Å². The van der Waals surface area contributed by atoms with Crippen LogP contribution < -0.4 is 0 Å². The quantitative estimate of drug-likeness (QED) is 0.813. The Balaban J connectivity index is 2.45. The molecular weight excluding hydrogens is 329 g/mol. The zero-order valence-corrected chi connectivity index (χ0v) is 11.2. The van der Waals surface area contributed by atoms with Crippen molar-refractivity contribution >= 4 is 39.5 Å². The van der Waals surface area contributed by atoms with Crippen LogP contribution >= 0.6 is 22.6 Å². The second kappa shape index (κ2) is 3.94. The standard InChI is InChI=1S/C13H10INO2/c14-7-4-5-11-9(6-7)12(13(16)17)8-2-1-3-10(8)15-11/h4-6H,1-3H2,(H,16,17). The van der Waals surface area contributed by atoms with Crippen molar-refractivity contribution in [2.45, 2.75) is 19.3 Å². The molecule has 3 nitrogen and oxygen atoms in total. The van der Waals surface area contributed by atoms with Crippen LogP contribution in [0.3, 0.4) is 0 Å². The smallest absolute Gasteiger partial charge is 0.336 e. The fourth-order valence-corrected chi connectivity index (χ4v) is 2.97. The van der Waals surface area contributed by atoms with E-state index in [0.717, 1.165) is 45.0 Å². The first-order valence-corrected chi connectivity index (χ1v) is 6.59. The normalized spacial score (nSPS) is 13.9. The third-order valence-electron chi connectivity index (χ3n) is 3.19. The molecule has 0 amide bonds. The van der Waals surface area contributed by atoms with Crippen molar-refractivity contribution < 1.29 is 9.90 Å². The first-order valence-electron chi connectivity index (χ1n) is 5.51. The first-order chi connectivity index (χ1) is 8.16. The van der Waals surface area contributed by atoms with Gasteiger partial charge in [0.1, 0.15) is 0 Å². The monoisotopic (exact) mass is 339 g/mol. The lowest BCUT2D eigenvalue weighted by molar-refractivity contribution is 0.0698. The largest absolute Gasteiger partial charge is 0.478 e. The van der Waals surface area contributed by atoms with Gasteiger partial charge in [0.05, 0.1) is 11.1 Å². The lowest BCUT2D eigenvalue weighted by atomic mass is 10.0. The predicted molar refractivity (Wildman–Crippen MR) is 73.4 cm³/mol. The number of benzene rings is 1. The molecule has 1 aliphatic carbocycles. The Labute approximate surface area is 112 Å². The maximum atomic E-state index is 11.5. The van der Waals surface area contributed by atoms with Gasteiger partial charge < -0.3 is 5.11 Å². The molecule has 2 aromatic rings. The Morgan fingerprint density at radius 3 is 2.94 bits per heavy atom. The van der Waals surface area contributed by atoms with Crippen molar-refractivity contribution in [3.05, 3.63) is 38.6 Å². The molecule has 1 aromatic heterocycles. The van der Waals surface area contributed by atoms with Gasteiger partial charge in [-0.2, -0.15) is 0 Å². The Bertz CT molecular complexity index is 637. The second-order valence-electron chi connectivity index (χ2n) is 4.23. The Kier molecular flexibility index (Phi) is 2.54. The summed E-state index contributed by atoms with van der Waals surface area (Å²) in [6.45, 7) is 0. The third kappa shape index (κ3) is 1.71. The van der Waals surface area contributed by atoms with Gasteiger partial charge in [-0.3, -0.25) is 4.98 Å². The number of pyridine rings is 1. The predicted octanol–water partition coefficient (Wildman–Crippen LogP) is 3.03. The van der Waals surface area contributed by atoms with Gasteiger partial charge in [0, 0.05) is 14.7 Å². The molecule has 0 aliphatic heterocycles. The highest BCUT2D eigenvalue weighted by molar-refractivity contribution is 14.1. The van der Waals surface area contributed by atoms with Crippen molar-refractivity contribution in [3.8, 4) is 0 Å². The summed E-state index contributed by atoms with van der Waals surface area (Å²) < 4.78 is 1.04. The number of halogens is 1. The number of fused-ring (bicyclic) bond motifs is 2. The van der Waals surface area contributed by atoms with E-state index in [0.29, 0.717) is 5.56 Å². The minimum Gasteiger partial charge on any atom is -0.478 e. The number of hydrogen-bond donors (Lipinski definition) is 1. The van der Waals surface area contributed by atoms with Gasteiger partial charge in [-0.1, -0.05) is 0 Å². The molecule has 1 aromatic carbocycles. The molecule has 1 heterocycles. The number of nitrogens with zero attached hydrogens (tertiary/aromatic N) is 1. The summed E-state index contributed by atoms with van der Waals surface area (Å²) in [5.74, 6) is -0.836. The third-order valence-corrected chi connectivity index (χ3v) is 3.86. The fraction of sp³-hybridized carbons (Fsp3) is 0.231. The SMILES string of the molecule is O=C(O)c1c2c(nc3ccc(I)cc13)CCC2. The highest BCUT2D eigenvalue weighted by Gasteiger charge is 2.23. The van der Waals surface area contributed by atoms with E-state index in [4.69, 9.17) is 0 Å². The first kappa shape index (κ1) is 11.0.